The van der Waals surface area contributed by atoms with E-state index in [2.05, 4.69) is 4.98 Å². The molecule has 0 saturated heterocycles. The second-order valence-corrected chi connectivity index (χ2v) is 7.82. The lowest BCUT2D eigenvalue weighted by atomic mass is 10.1. The van der Waals surface area contributed by atoms with Crippen LogP contribution in [0.5, 0.6) is 0 Å². The molecule has 0 unspecified atom stereocenters. The second-order valence-electron chi connectivity index (χ2n) is 5.77. The van der Waals surface area contributed by atoms with Crippen LogP contribution in [0.2, 0.25) is 0 Å². The molecule has 0 fully saturated rings. The quantitative estimate of drug-likeness (QED) is 0.541. The predicted molar refractivity (Wildman–Crippen MR) is 100 cm³/mol. The van der Waals surface area contributed by atoms with Gasteiger partial charge in [-0.2, -0.15) is 0 Å². The number of hydrogen-bond acceptors (Lipinski definition) is 6. The number of fused-ring (bicyclic) bond motifs is 1. The van der Waals surface area contributed by atoms with E-state index in [-0.39, 0.29) is 36.2 Å². The molecular weight excluding hydrogens is 372 g/mol. The molecule has 0 aliphatic rings. The molecule has 1 heterocycles. The van der Waals surface area contributed by atoms with Crippen molar-refractivity contribution < 1.29 is 22.4 Å². The molecule has 0 amide bonds. The van der Waals surface area contributed by atoms with Crippen molar-refractivity contribution in [2.75, 3.05) is 13.2 Å². The lowest BCUT2D eigenvalue weighted by Crippen LogP contribution is -2.03. The monoisotopic (exact) mass is 391 g/mol. The summed E-state index contributed by atoms with van der Waals surface area (Å²) in [5.74, 6) is -0.396. The lowest BCUT2D eigenvalue weighted by Gasteiger charge is -2.17. The summed E-state index contributed by atoms with van der Waals surface area (Å²) in [6.07, 6.45) is 0.134. The molecule has 3 rings (SSSR count). The molecule has 0 radical (unpaired) electrons. The van der Waals surface area contributed by atoms with E-state index in [0.29, 0.717) is 5.56 Å². The minimum Gasteiger partial charge on any atom is -0.403 e. The van der Waals surface area contributed by atoms with Crippen molar-refractivity contribution in [2.24, 2.45) is 0 Å². The van der Waals surface area contributed by atoms with Crippen molar-refractivity contribution in [2.45, 2.75) is 20.0 Å². The Kier molecular flexibility index (Phi) is 5.85. The zero-order valence-electron chi connectivity index (χ0n) is 15.0. The van der Waals surface area contributed by atoms with Crippen LogP contribution in [0.3, 0.4) is 0 Å². The lowest BCUT2D eigenvalue weighted by molar-refractivity contribution is 0.219. The Hall–Kier alpha value is -2.34. The maximum absolute atomic E-state index is 13.4. The van der Waals surface area contributed by atoms with Crippen LogP contribution in [0.15, 0.2) is 51.7 Å². The predicted octanol–water partition coefficient (Wildman–Crippen LogP) is 4.76. The SMILES string of the molecule is CCOP(=O)(Cc1ccc(-c2nc3cc(F)ccc3c(=O)o2)cc1)OCC. The molecule has 27 heavy (non-hydrogen) atoms. The number of hydrogen-bond donors (Lipinski definition) is 0. The largest absolute Gasteiger partial charge is 0.403 e. The first-order chi connectivity index (χ1) is 12.9. The Labute approximate surface area is 155 Å². The first kappa shape index (κ1) is 19.4. The molecule has 6 nitrogen and oxygen atoms in total. The van der Waals surface area contributed by atoms with Crippen molar-refractivity contribution >= 4 is 18.5 Å². The summed E-state index contributed by atoms with van der Waals surface area (Å²) < 4.78 is 41.8. The van der Waals surface area contributed by atoms with Gasteiger partial charge in [-0.3, -0.25) is 4.57 Å². The van der Waals surface area contributed by atoms with Crippen molar-refractivity contribution in [3.05, 3.63) is 64.3 Å². The Morgan fingerprint density at radius 3 is 2.37 bits per heavy atom. The highest BCUT2D eigenvalue weighted by molar-refractivity contribution is 7.53. The highest BCUT2D eigenvalue weighted by Gasteiger charge is 2.24. The molecule has 0 aliphatic carbocycles. The van der Waals surface area contributed by atoms with Gasteiger partial charge in [0, 0.05) is 11.6 Å². The van der Waals surface area contributed by atoms with Crippen LogP contribution in [-0.4, -0.2) is 18.2 Å². The summed E-state index contributed by atoms with van der Waals surface area (Å²) in [6, 6.07) is 10.6. The highest BCUT2D eigenvalue weighted by atomic mass is 31.2. The van der Waals surface area contributed by atoms with Gasteiger partial charge in [-0.25, -0.2) is 14.2 Å². The van der Waals surface area contributed by atoms with Crippen molar-refractivity contribution in [1.82, 2.24) is 4.98 Å². The number of halogens is 1. The number of rotatable bonds is 7. The van der Waals surface area contributed by atoms with Gasteiger partial charge in [-0.1, -0.05) is 12.1 Å². The van der Waals surface area contributed by atoms with Crippen LogP contribution in [0, 0.1) is 5.82 Å². The van der Waals surface area contributed by atoms with Crippen molar-refractivity contribution in [3.8, 4) is 11.5 Å². The molecule has 0 N–H and O–H groups in total. The van der Waals surface area contributed by atoms with E-state index in [1.54, 1.807) is 38.1 Å². The van der Waals surface area contributed by atoms with E-state index in [9.17, 15) is 13.8 Å². The molecule has 2 aromatic carbocycles. The van der Waals surface area contributed by atoms with E-state index >= 15 is 0 Å². The summed E-state index contributed by atoms with van der Waals surface area (Å²) in [5.41, 5.74) is 0.932. The van der Waals surface area contributed by atoms with Gasteiger partial charge in [0.25, 0.3) is 0 Å². The normalized spacial score (nSPS) is 11.8. The van der Waals surface area contributed by atoms with Crippen molar-refractivity contribution in [1.29, 1.82) is 0 Å². The summed E-state index contributed by atoms with van der Waals surface area (Å²) in [7, 11) is -3.20. The van der Waals surface area contributed by atoms with Crippen LogP contribution >= 0.6 is 7.60 Å². The maximum atomic E-state index is 13.4. The molecular formula is C19H19FNO5P. The summed E-state index contributed by atoms with van der Waals surface area (Å²) >= 11 is 0. The molecule has 142 valence electrons. The minimum absolute atomic E-state index is 0.0856. The standard InChI is InChI=1S/C19H19FNO5P/c1-3-24-27(23,25-4-2)12-13-5-7-14(8-6-13)18-21-17-11-15(20)9-10-16(17)19(22)26-18/h5-11H,3-4,12H2,1-2H3. The zero-order chi connectivity index (χ0) is 19.4. The molecule has 0 aliphatic heterocycles. The van der Waals surface area contributed by atoms with E-state index in [4.69, 9.17) is 13.5 Å². The van der Waals surface area contributed by atoms with Crippen LogP contribution in [0.1, 0.15) is 19.4 Å². The Morgan fingerprint density at radius 2 is 1.74 bits per heavy atom. The maximum Gasteiger partial charge on any atom is 0.347 e. The van der Waals surface area contributed by atoms with Crippen LogP contribution in [0.25, 0.3) is 22.4 Å². The van der Waals surface area contributed by atoms with E-state index in [0.717, 1.165) is 5.56 Å². The first-order valence-corrected chi connectivity index (χ1v) is 10.2. The van der Waals surface area contributed by atoms with E-state index in [1.807, 2.05) is 0 Å². The first-order valence-electron chi connectivity index (χ1n) is 8.52. The van der Waals surface area contributed by atoms with Crippen LogP contribution in [0.4, 0.5) is 4.39 Å². The fourth-order valence-corrected chi connectivity index (χ4v) is 4.37. The van der Waals surface area contributed by atoms with Crippen molar-refractivity contribution in [3.63, 3.8) is 0 Å². The van der Waals surface area contributed by atoms with Gasteiger partial charge in [0.2, 0.25) is 5.89 Å². The Balaban J connectivity index is 1.90. The average Bonchev–Trinajstić information content (AvgIpc) is 2.62. The molecule has 8 heteroatoms. The second kappa shape index (κ2) is 8.13. The molecule has 0 bridgehead atoms. The topological polar surface area (TPSA) is 78.6 Å². The van der Waals surface area contributed by atoms with E-state index < -0.39 is 19.0 Å². The van der Waals surface area contributed by atoms with E-state index in [1.165, 1.54) is 18.2 Å². The summed E-state index contributed by atoms with van der Waals surface area (Å²) in [5, 5.41) is 0.214. The van der Waals surface area contributed by atoms with Gasteiger partial charge in [-0.15, -0.1) is 0 Å². The molecule has 0 spiro atoms. The molecule has 1 aromatic heterocycles. The Morgan fingerprint density at radius 1 is 1.07 bits per heavy atom. The van der Waals surface area contributed by atoms with Gasteiger partial charge in [0.15, 0.2) is 0 Å². The third kappa shape index (κ3) is 4.50. The van der Waals surface area contributed by atoms with Gasteiger partial charge in [0.1, 0.15) is 5.82 Å². The number of nitrogens with zero attached hydrogens (tertiary/aromatic N) is 1. The van der Waals surface area contributed by atoms with Gasteiger partial charge in [0.05, 0.1) is 30.3 Å². The van der Waals surface area contributed by atoms with Gasteiger partial charge < -0.3 is 13.5 Å². The summed E-state index contributed by atoms with van der Waals surface area (Å²) in [4.78, 5) is 16.3. The zero-order valence-corrected chi connectivity index (χ0v) is 15.9. The number of benzene rings is 2. The third-order valence-electron chi connectivity index (χ3n) is 3.82. The average molecular weight is 391 g/mol. The van der Waals surface area contributed by atoms with Gasteiger partial charge in [-0.05, 0) is 43.7 Å². The van der Waals surface area contributed by atoms with Gasteiger partial charge >= 0.3 is 13.2 Å². The highest BCUT2D eigenvalue weighted by Crippen LogP contribution is 2.51. The molecule has 0 atom stereocenters. The fraction of sp³-hybridized carbons (Fsp3) is 0.263. The van der Waals surface area contributed by atoms with Crippen LogP contribution < -0.4 is 5.63 Å². The minimum atomic E-state index is -3.20. The Bertz CT molecular complexity index is 1040. The smallest absolute Gasteiger partial charge is 0.347 e. The molecule has 3 aromatic rings. The molecule has 0 saturated carbocycles. The third-order valence-corrected chi connectivity index (χ3v) is 5.88. The van der Waals surface area contributed by atoms with Crippen LogP contribution in [-0.2, 0) is 19.8 Å². The number of aromatic nitrogens is 1. The summed E-state index contributed by atoms with van der Waals surface area (Å²) in [6.45, 7) is 4.09. The fourth-order valence-electron chi connectivity index (χ4n) is 2.67.